The van der Waals surface area contributed by atoms with Crippen LogP contribution in [0.4, 0.5) is 0 Å². The molecule has 1 fully saturated rings. The van der Waals surface area contributed by atoms with Gasteiger partial charge in [-0.15, -0.1) is 0 Å². The molecule has 0 spiro atoms. The SMILES string of the molecule is CCC1CCCC(O)(CCS(C)(=O)=O)C1. The van der Waals surface area contributed by atoms with Crippen molar-refractivity contribution in [2.24, 2.45) is 5.92 Å². The second kappa shape index (κ2) is 4.83. The first-order valence-electron chi connectivity index (χ1n) is 5.75. The molecule has 4 heteroatoms. The van der Waals surface area contributed by atoms with E-state index in [0.29, 0.717) is 12.3 Å². The Labute approximate surface area is 92.8 Å². The van der Waals surface area contributed by atoms with Crippen molar-refractivity contribution < 1.29 is 13.5 Å². The van der Waals surface area contributed by atoms with Crippen LogP contribution < -0.4 is 0 Å². The third-order valence-corrected chi connectivity index (χ3v) is 4.38. The molecule has 0 aromatic heterocycles. The average Bonchev–Trinajstić information content (AvgIpc) is 2.14. The average molecular weight is 234 g/mol. The highest BCUT2D eigenvalue weighted by atomic mass is 32.2. The van der Waals surface area contributed by atoms with Gasteiger partial charge in [0, 0.05) is 6.26 Å². The molecule has 15 heavy (non-hydrogen) atoms. The van der Waals surface area contributed by atoms with Crippen molar-refractivity contribution in [3.05, 3.63) is 0 Å². The summed E-state index contributed by atoms with van der Waals surface area (Å²) in [6, 6.07) is 0. The first-order chi connectivity index (χ1) is 6.85. The minimum Gasteiger partial charge on any atom is -0.390 e. The van der Waals surface area contributed by atoms with Gasteiger partial charge in [-0.1, -0.05) is 26.2 Å². The lowest BCUT2D eigenvalue weighted by Crippen LogP contribution is -2.36. The van der Waals surface area contributed by atoms with Crippen molar-refractivity contribution in [1.82, 2.24) is 0 Å². The minimum absolute atomic E-state index is 0.111. The molecule has 0 saturated heterocycles. The zero-order valence-corrected chi connectivity index (χ0v) is 10.5. The predicted octanol–water partition coefficient (Wildman–Crippen LogP) is 1.75. The van der Waals surface area contributed by atoms with Crippen LogP contribution in [0.25, 0.3) is 0 Å². The Morgan fingerprint density at radius 2 is 2.13 bits per heavy atom. The van der Waals surface area contributed by atoms with Crippen LogP contribution in [-0.4, -0.2) is 31.1 Å². The third-order valence-electron chi connectivity index (χ3n) is 3.44. The highest BCUT2D eigenvalue weighted by Crippen LogP contribution is 2.36. The van der Waals surface area contributed by atoms with Crippen LogP contribution in [0, 0.1) is 5.92 Å². The maximum atomic E-state index is 11.1. The van der Waals surface area contributed by atoms with E-state index in [2.05, 4.69) is 6.92 Å². The van der Waals surface area contributed by atoms with Crippen molar-refractivity contribution >= 4 is 9.84 Å². The van der Waals surface area contributed by atoms with E-state index >= 15 is 0 Å². The summed E-state index contributed by atoms with van der Waals surface area (Å²) in [6.45, 7) is 2.13. The quantitative estimate of drug-likeness (QED) is 0.806. The molecule has 0 heterocycles. The minimum atomic E-state index is -2.95. The van der Waals surface area contributed by atoms with Gasteiger partial charge in [-0.05, 0) is 25.2 Å². The first kappa shape index (κ1) is 13.0. The maximum Gasteiger partial charge on any atom is 0.147 e. The van der Waals surface area contributed by atoms with E-state index in [-0.39, 0.29) is 5.75 Å². The Morgan fingerprint density at radius 3 is 2.67 bits per heavy atom. The molecule has 1 rings (SSSR count). The molecular weight excluding hydrogens is 212 g/mol. The Balaban J connectivity index is 2.51. The number of rotatable bonds is 4. The smallest absolute Gasteiger partial charge is 0.147 e. The molecule has 2 unspecified atom stereocenters. The first-order valence-corrected chi connectivity index (χ1v) is 7.81. The van der Waals surface area contributed by atoms with Gasteiger partial charge in [-0.2, -0.15) is 0 Å². The lowest BCUT2D eigenvalue weighted by Gasteiger charge is -2.36. The largest absolute Gasteiger partial charge is 0.390 e. The van der Waals surface area contributed by atoms with E-state index in [4.69, 9.17) is 0 Å². The summed E-state index contributed by atoms with van der Waals surface area (Å²) in [5.41, 5.74) is -0.720. The van der Waals surface area contributed by atoms with Gasteiger partial charge in [0.1, 0.15) is 9.84 Å². The monoisotopic (exact) mass is 234 g/mol. The van der Waals surface area contributed by atoms with Crippen LogP contribution in [0.5, 0.6) is 0 Å². The van der Waals surface area contributed by atoms with Crippen LogP contribution in [0.3, 0.4) is 0 Å². The number of hydrogen-bond acceptors (Lipinski definition) is 3. The van der Waals surface area contributed by atoms with Crippen LogP contribution in [-0.2, 0) is 9.84 Å². The zero-order chi connectivity index (χ0) is 11.5. The molecule has 0 aliphatic heterocycles. The standard InChI is InChI=1S/C11H22O3S/c1-3-10-5-4-6-11(12,9-10)7-8-15(2,13)14/h10,12H,3-9H2,1-2H3. The van der Waals surface area contributed by atoms with Crippen molar-refractivity contribution in [3.8, 4) is 0 Å². The number of sulfone groups is 1. The summed E-state index contributed by atoms with van der Waals surface area (Å²) in [5, 5.41) is 10.3. The Morgan fingerprint density at radius 1 is 1.47 bits per heavy atom. The van der Waals surface area contributed by atoms with Gasteiger partial charge in [0.05, 0.1) is 11.4 Å². The highest BCUT2D eigenvalue weighted by molar-refractivity contribution is 7.90. The highest BCUT2D eigenvalue weighted by Gasteiger charge is 2.33. The van der Waals surface area contributed by atoms with Crippen molar-refractivity contribution in [2.45, 2.75) is 51.0 Å². The van der Waals surface area contributed by atoms with Crippen LogP contribution >= 0.6 is 0 Å². The maximum absolute atomic E-state index is 11.1. The van der Waals surface area contributed by atoms with Gasteiger partial charge in [0.15, 0.2) is 0 Å². The Hall–Kier alpha value is -0.0900. The molecule has 1 N–H and O–H groups in total. The van der Waals surface area contributed by atoms with Crippen molar-refractivity contribution in [3.63, 3.8) is 0 Å². The molecule has 2 atom stereocenters. The topological polar surface area (TPSA) is 54.4 Å². The summed E-state index contributed by atoms with van der Waals surface area (Å²) in [4.78, 5) is 0. The van der Waals surface area contributed by atoms with Gasteiger partial charge < -0.3 is 5.11 Å². The van der Waals surface area contributed by atoms with Crippen LogP contribution in [0.1, 0.15) is 45.4 Å². The fourth-order valence-electron chi connectivity index (χ4n) is 2.41. The molecule has 3 nitrogen and oxygen atoms in total. The fourth-order valence-corrected chi connectivity index (χ4v) is 3.16. The van der Waals surface area contributed by atoms with Crippen molar-refractivity contribution in [2.75, 3.05) is 12.0 Å². The molecular formula is C11H22O3S. The predicted molar refractivity (Wildman–Crippen MR) is 61.5 cm³/mol. The van der Waals surface area contributed by atoms with E-state index in [9.17, 15) is 13.5 Å². The molecule has 1 aliphatic carbocycles. The normalized spacial score (nSPS) is 32.9. The van der Waals surface area contributed by atoms with Gasteiger partial charge >= 0.3 is 0 Å². The molecule has 0 amide bonds. The molecule has 90 valence electrons. The molecule has 0 aromatic rings. The van der Waals surface area contributed by atoms with E-state index in [1.54, 1.807) is 0 Å². The van der Waals surface area contributed by atoms with Crippen LogP contribution in [0.15, 0.2) is 0 Å². The molecule has 0 radical (unpaired) electrons. The Bertz CT molecular complexity index is 297. The number of hydrogen-bond donors (Lipinski definition) is 1. The fraction of sp³-hybridized carbons (Fsp3) is 1.00. The second-order valence-corrected chi connectivity index (χ2v) is 7.23. The summed E-state index contributed by atoms with van der Waals surface area (Å²) >= 11 is 0. The third kappa shape index (κ3) is 4.51. The lowest BCUT2D eigenvalue weighted by molar-refractivity contribution is -0.0190. The summed E-state index contributed by atoms with van der Waals surface area (Å²) in [5.74, 6) is 0.684. The number of aliphatic hydroxyl groups is 1. The van der Waals surface area contributed by atoms with E-state index in [1.165, 1.54) is 12.7 Å². The lowest BCUT2D eigenvalue weighted by atomic mass is 9.76. The van der Waals surface area contributed by atoms with Crippen LogP contribution in [0.2, 0.25) is 0 Å². The second-order valence-electron chi connectivity index (χ2n) is 4.97. The molecule has 0 bridgehead atoms. The molecule has 1 saturated carbocycles. The van der Waals surface area contributed by atoms with Gasteiger partial charge in [-0.3, -0.25) is 0 Å². The van der Waals surface area contributed by atoms with Gasteiger partial charge in [0.2, 0.25) is 0 Å². The summed E-state index contributed by atoms with van der Waals surface area (Å²) < 4.78 is 22.1. The van der Waals surface area contributed by atoms with Crippen molar-refractivity contribution in [1.29, 1.82) is 0 Å². The van der Waals surface area contributed by atoms with Gasteiger partial charge in [-0.25, -0.2) is 8.42 Å². The van der Waals surface area contributed by atoms with E-state index in [1.807, 2.05) is 0 Å². The molecule has 1 aliphatic rings. The van der Waals surface area contributed by atoms with Gasteiger partial charge in [0.25, 0.3) is 0 Å². The van der Waals surface area contributed by atoms with E-state index in [0.717, 1.165) is 25.7 Å². The zero-order valence-electron chi connectivity index (χ0n) is 9.70. The molecule has 0 aromatic carbocycles. The summed E-state index contributed by atoms with van der Waals surface area (Å²) in [6.07, 6.45) is 6.47. The Kier molecular flexibility index (Phi) is 4.18. The van der Waals surface area contributed by atoms with E-state index < -0.39 is 15.4 Å². The summed E-state index contributed by atoms with van der Waals surface area (Å²) in [7, 11) is -2.95.